The Labute approximate surface area is 184 Å². The third-order valence-electron chi connectivity index (χ3n) is 6.43. The molecule has 1 unspecified atom stereocenters. The number of benzene rings is 2. The number of nitro benzene ring substituents is 1. The number of nitro groups is 1. The summed E-state index contributed by atoms with van der Waals surface area (Å²) in [6.07, 6.45) is 0.981. The van der Waals surface area contributed by atoms with E-state index in [1.54, 1.807) is 17.0 Å². The minimum atomic E-state index is -0.627. The second-order valence-electron chi connectivity index (χ2n) is 8.97. The molecule has 1 saturated heterocycles. The van der Waals surface area contributed by atoms with Crippen LogP contribution in [-0.4, -0.2) is 38.7 Å². The quantitative estimate of drug-likeness (QED) is 0.486. The Morgan fingerprint density at radius 1 is 1.12 bits per heavy atom. The first kappa shape index (κ1) is 20.2. The lowest BCUT2D eigenvalue weighted by Crippen LogP contribution is -2.66. The van der Waals surface area contributed by atoms with Gasteiger partial charge in [0.15, 0.2) is 0 Å². The Morgan fingerprint density at radius 3 is 2.53 bits per heavy atom. The van der Waals surface area contributed by atoms with Crippen molar-refractivity contribution in [1.82, 2.24) is 15.2 Å². The van der Waals surface area contributed by atoms with Crippen LogP contribution in [0.25, 0.3) is 10.9 Å². The molecule has 1 aromatic heterocycles. The van der Waals surface area contributed by atoms with Crippen LogP contribution >= 0.6 is 0 Å². The van der Waals surface area contributed by atoms with Crippen molar-refractivity contribution in [2.75, 3.05) is 0 Å². The predicted molar refractivity (Wildman–Crippen MR) is 119 cm³/mol. The van der Waals surface area contributed by atoms with E-state index in [0.717, 1.165) is 27.7 Å². The summed E-state index contributed by atoms with van der Waals surface area (Å²) in [6.45, 7) is 4.04. The smallest absolute Gasteiger partial charge is 0.269 e. The molecule has 0 saturated carbocycles. The topological polar surface area (TPSA) is 108 Å². The van der Waals surface area contributed by atoms with Gasteiger partial charge in [-0.2, -0.15) is 0 Å². The van der Waals surface area contributed by atoms with Gasteiger partial charge in [-0.3, -0.25) is 19.7 Å². The molecule has 2 aromatic carbocycles. The van der Waals surface area contributed by atoms with Crippen LogP contribution < -0.4 is 5.32 Å². The van der Waals surface area contributed by atoms with E-state index in [0.29, 0.717) is 12.8 Å². The van der Waals surface area contributed by atoms with Crippen molar-refractivity contribution in [3.8, 4) is 0 Å². The number of hydrogen-bond donors (Lipinski definition) is 2. The molecule has 8 heteroatoms. The molecule has 2 N–H and O–H groups in total. The second kappa shape index (κ2) is 7.47. The zero-order valence-corrected chi connectivity index (χ0v) is 17.9. The number of hydrogen-bond acceptors (Lipinski definition) is 4. The number of aromatic amines is 1. The third kappa shape index (κ3) is 3.14. The highest BCUT2D eigenvalue weighted by molar-refractivity contribution is 5.99. The molecule has 8 nitrogen and oxygen atoms in total. The Morgan fingerprint density at radius 2 is 1.84 bits per heavy atom. The molecule has 0 bridgehead atoms. The molecule has 0 aliphatic carbocycles. The Hall–Kier alpha value is -3.68. The van der Waals surface area contributed by atoms with Crippen molar-refractivity contribution in [3.63, 3.8) is 0 Å². The van der Waals surface area contributed by atoms with Crippen LogP contribution in [0.5, 0.6) is 0 Å². The fourth-order valence-corrected chi connectivity index (χ4v) is 5.03. The first-order valence-corrected chi connectivity index (χ1v) is 10.8. The van der Waals surface area contributed by atoms with Crippen molar-refractivity contribution >= 4 is 28.4 Å². The Balaban J connectivity index is 1.68. The van der Waals surface area contributed by atoms with Crippen LogP contribution in [0.2, 0.25) is 0 Å². The van der Waals surface area contributed by atoms with Crippen LogP contribution in [0.4, 0.5) is 5.69 Å². The normalized spacial score (nSPS) is 22.6. The minimum absolute atomic E-state index is 0.0154. The molecular formula is C24H24N4O4. The van der Waals surface area contributed by atoms with Gasteiger partial charge in [0.2, 0.25) is 11.8 Å². The Bertz CT molecular complexity index is 1230. The molecule has 2 aliphatic heterocycles. The summed E-state index contributed by atoms with van der Waals surface area (Å²) >= 11 is 0. The number of carbonyl (C=O) groups is 2. The van der Waals surface area contributed by atoms with Crippen molar-refractivity contribution in [3.05, 3.63) is 75.5 Å². The summed E-state index contributed by atoms with van der Waals surface area (Å²) < 4.78 is 0. The fourth-order valence-electron chi connectivity index (χ4n) is 5.03. The molecule has 1 fully saturated rings. The van der Waals surface area contributed by atoms with Crippen molar-refractivity contribution in [2.45, 2.75) is 44.8 Å². The van der Waals surface area contributed by atoms with Crippen molar-refractivity contribution < 1.29 is 14.5 Å². The number of para-hydroxylation sites is 1. The lowest BCUT2D eigenvalue weighted by atomic mass is 9.84. The van der Waals surface area contributed by atoms with E-state index in [-0.39, 0.29) is 23.4 Å². The second-order valence-corrected chi connectivity index (χ2v) is 8.97. The van der Waals surface area contributed by atoms with Crippen LogP contribution in [0.15, 0.2) is 48.5 Å². The van der Waals surface area contributed by atoms with Gasteiger partial charge >= 0.3 is 0 Å². The number of piperazine rings is 1. The fraction of sp³-hybridized carbons (Fsp3) is 0.333. The molecular weight excluding hydrogens is 408 g/mol. The molecule has 2 aliphatic rings. The number of rotatable bonds is 4. The van der Waals surface area contributed by atoms with Crippen LogP contribution in [0.1, 0.15) is 43.1 Å². The first-order chi connectivity index (χ1) is 15.3. The van der Waals surface area contributed by atoms with Crippen molar-refractivity contribution in [2.24, 2.45) is 5.92 Å². The zero-order chi connectivity index (χ0) is 22.6. The van der Waals surface area contributed by atoms with E-state index in [2.05, 4.69) is 10.3 Å². The average Bonchev–Trinajstić information content (AvgIpc) is 3.14. The number of aromatic nitrogens is 1. The van der Waals surface area contributed by atoms with Gasteiger partial charge in [-0.15, -0.1) is 0 Å². The standard InChI is InChI=1S/C24H24N4O4/c1-13(2)11-19-24(30)27-20(23(29)26-19)12-17-16-5-3-4-6-18(16)25-21(17)22(27)14-7-9-15(10-8-14)28(31)32/h3-10,13,19-20,22,25H,11-12H2,1-2H3,(H,26,29)/t19-,20-,22?/m0/s1. The van der Waals surface area contributed by atoms with Gasteiger partial charge in [0.05, 0.1) is 11.0 Å². The largest absolute Gasteiger partial charge is 0.356 e. The number of carbonyl (C=O) groups excluding carboxylic acids is 2. The SMILES string of the molecule is CC(C)C[C@@H]1NC(=O)[C@@H]2Cc3c([nH]c4ccccc34)C(c3ccc([N+](=O)[O-])cc3)N2C1=O. The molecule has 2 amide bonds. The Kier molecular flexibility index (Phi) is 4.73. The number of non-ortho nitro benzene ring substituents is 1. The lowest BCUT2D eigenvalue weighted by Gasteiger charge is -2.46. The van der Waals surface area contributed by atoms with E-state index in [9.17, 15) is 19.7 Å². The van der Waals surface area contributed by atoms with Crippen molar-refractivity contribution in [1.29, 1.82) is 0 Å². The lowest BCUT2D eigenvalue weighted by molar-refractivity contribution is -0.384. The van der Waals surface area contributed by atoms with E-state index in [1.165, 1.54) is 12.1 Å². The van der Waals surface area contributed by atoms with E-state index < -0.39 is 23.0 Å². The molecule has 0 spiro atoms. The molecule has 164 valence electrons. The van der Waals surface area contributed by atoms with Crippen LogP contribution in [-0.2, 0) is 16.0 Å². The van der Waals surface area contributed by atoms with E-state index in [4.69, 9.17) is 0 Å². The summed E-state index contributed by atoms with van der Waals surface area (Å²) in [6, 6.07) is 12.4. The monoisotopic (exact) mass is 432 g/mol. The molecule has 0 radical (unpaired) electrons. The highest BCUT2D eigenvalue weighted by atomic mass is 16.6. The molecule has 3 aromatic rings. The average molecular weight is 432 g/mol. The maximum absolute atomic E-state index is 13.6. The number of nitrogens with zero attached hydrogens (tertiary/aromatic N) is 2. The van der Waals surface area contributed by atoms with E-state index >= 15 is 0 Å². The van der Waals surface area contributed by atoms with Crippen LogP contribution in [0.3, 0.4) is 0 Å². The zero-order valence-electron chi connectivity index (χ0n) is 17.9. The van der Waals surface area contributed by atoms with Gasteiger partial charge in [0.25, 0.3) is 5.69 Å². The number of H-pyrrole nitrogens is 1. The van der Waals surface area contributed by atoms with Gasteiger partial charge in [-0.05, 0) is 41.7 Å². The highest BCUT2D eigenvalue weighted by Gasteiger charge is 2.49. The summed E-state index contributed by atoms with van der Waals surface area (Å²) in [5.74, 6) is -0.0268. The summed E-state index contributed by atoms with van der Waals surface area (Å²) in [5.41, 5.74) is 3.53. The van der Waals surface area contributed by atoms with Crippen LogP contribution in [0, 0.1) is 16.0 Å². The van der Waals surface area contributed by atoms with Gasteiger partial charge in [-0.25, -0.2) is 0 Å². The van der Waals surface area contributed by atoms with Gasteiger partial charge < -0.3 is 15.2 Å². The molecule has 3 atom stereocenters. The molecule has 32 heavy (non-hydrogen) atoms. The van der Waals surface area contributed by atoms with Gasteiger partial charge in [-0.1, -0.05) is 32.0 Å². The predicted octanol–water partition coefficient (Wildman–Crippen LogP) is 3.46. The summed E-state index contributed by atoms with van der Waals surface area (Å²) in [4.78, 5) is 42.6. The number of amides is 2. The summed E-state index contributed by atoms with van der Waals surface area (Å²) in [5, 5.41) is 15.1. The van der Waals surface area contributed by atoms with E-state index in [1.807, 2.05) is 38.1 Å². The third-order valence-corrected chi connectivity index (χ3v) is 6.43. The summed E-state index contributed by atoms with van der Waals surface area (Å²) in [7, 11) is 0. The maximum Gasteiger partial charge on any atom is 0.269 e. The minimum Gasteiger partial charge on any atom is -0.356 e. The highest BCUT2D eigenvalue weighted by Crippen LogP contribution is 2.42. The maximum atomic E-state index is 13.6. The van der Waals surface area contributed by atoms with Gasteiger partial charge in [0.1, 0.15) is 12.1 Å². The van der Waals surface area contributed by atoms with Gasteiger partial charge in [0, 0.05) is 35.2 Å². The molecule has 3 heterocycles. The first-order valence-electron chi connectivity index (χ1n) is 10.8. The molecule has 5 rings (SSSR count). The number of nitrogens with one attached hydrogen (secondary N) is 2. The number of fused-ring (bicyclic) bond motifs is 4.